The lowest BCUT2D eigenvalue weighted by molar-refractivity contribution is 0.227. The van der Waals surface area contributed by atoms with Crippen LogP contribution in [0.25, 0.3) is 6.08 Å². The minimum Gasteiger partial charge on any atom is -0.486 e. The van der Waals surface area contributed by atoms with Crippen molar-refractivity contribution in [2.45, 2.75) is 17.9 Å². The average molecular weight is 490 g/mol. The van der Waals surface area contributed by atoms with Crippen LogP contribution in [0.1, 0.15) is 29.8 Å². The number of halogens is 2. The molecule has 1 aromatic carbocycles. The zero-order valence-electron chi connectivity index (χ0n) is 17.3. The van der Waals surface area contributed by atoms with Crippen molar-refractivity contribution in [2.24, 2.45) is 0 Å². The van der Waals surface area contributed by atoms with Crippen LogP contribution in [0.4, 0.5) is 5.69 Å². The lowest BCUT2D eigenvalue weighted by atomic mass is 10.1. The van der Waals surface area contributed by atoms with E-state index in [4.69, 9.17) is 43.9 Å². The van der Waals surface area contributed by atoms with E-state index < -0.39 is 15.8 Å². The van der Waals surface area contributed by atoms with Crippen LogP contribution in [0.3, 0.4) is 0 Å². The molecule has 4 N–H and O–H groups in total. The molecule has 0 aliphatic heterocycles. The van der Waals surface area contributed by atoms with E-state index in [2.05, 4.69) is 9.97 Å². The van der Waals surface area contributed by atoms with E-state index >= 15 is 0 Å². The number of benzene rings is 1. The molecule has 3 aromatic rings. The molecule has 2 unspecified atom stereocenters. The number of nitrogens with two attached hydrogens (primary N) is 1. The molecule has 166 valence electrons. The number of nitrogen functional groups attached to an aromatic ring is 1. The third kappa shape index (κ3) is 5.64. The molecular weight excluding hydrogens is 469 g/mol. The Morgan fingerprint density at radius 1 is 1.19 bits per heavy atom. The third-order valence-corrected chi connectivity index (χ3v) is 6.30. The highest BCUT2D eigenvalue weighted by atomic mass is 35.5. The van der Waals surface area contributed by atoms with Crippen LogP contribution in [-0.2, 0) is 9.73 Å². The lowest BCUT2D eigenvalue weighted by Gasteiger charge is -2.18. The summed E-state index contributed by atoms with van der Waals surface area (Å²) in [5.74, 6) is 0.499. The molecule has 0 aliphatic carbocycles. The summed E-state index contributed by atoms with van der Waals surface area (Å²) in [7, 11) is -2.82. The molecule has 2 atom stereocenters. The van der Waals surface area contributed by atoms with Crippen LogP contribution in [0.2, 0.25) is 10.0 Å². The molecule has 2 aromatic heterocycles. The predicted molar refractivity (Wildman–Crippen MR) is 129 cm³/mol. The molecular formula is C22H21Cl2N5O2S. The Hall–Kier alpha value is -2.94. The quantitative estimate of drug-likeness (QED) is 0.293. The van der Waals surface area contributed by atoms with Gasteiger partial charge in [0.05, 0.1) is 36.1 Å². The zero-order chi connectivity index (χ0) is 23.5. The summed E-state index contributed by atoms with van der Waals surface area (Å²) in [5.41, 5.74) is 8.31. The van der Waals surface area contributed by atoms with Crippen molar-refractivity contribution in [3.63, 3.8) is 0 Å². The number of ether oxygens (including phenoxy) is 1. The first-order chi connectivity index (χ1) is 15.1. The monoisotopic (exact) mass is 489 g/mol. The smallest absolute Gasteiger partial charge is 0.124 e. The average Bonchev–Trinajstić information content (AvgIpc) is 2.73. The molecule has 0 bridgehead atoms. The van der Waals surface area contributed by atoms with Crippen molar-refractivity contribution in [3.05, 3.63) is 81.9 Å². The van der Waals surface area contributed by atoms with Gasteiger partial charge in [-0.05, 0) is 49.4 Å². The molecule has 32 heavy (non-hydrogen) atoms. The summed E-state index contributed by atoms with van der Waals surface area (Å²) in [6, 6.07) is 8.27. The normalized spacial score (nSPS) is 14.1. The highest BCUT2D eigenvalue weighted by molar-refractivity contribution is 7.91. The Morgan fingerprint density at radius 3 is 2.47 bits per heavy atom. The van der Waals surface area contributed by atoms with Crippen LogP contribution < -0.4 is 10.5 Å². The van der Waals surface area contributed by atoms with E-state index in [0.717, 1.165) is 0 Å². The number of allylic oxidation sites excluding steroid dienone is 1. The molecule has 0 saturated heterocycles. The summed E-state index contributed by atoms with van der Waals surface area (Å²) < 4.78 is 25.3. The van der Waals surface area contributed by atoms with Gasteiger partial charge in [0.2, 0.25) is 0 Å². The second kappa shape index (κ2) is 9.68. The minimum absolute atomic E-state index is 0.159. The van der Waals surface area contributed by atoms with Crippen molar-refractivity contribution in [3.8, 4) is 5.75 Å². The van der Waals surface area contributed by atoms with Gasteiger partial charge in [0, 0.05) is 41.7 Å². The van der Waals surface area contributed by atoms with E-state index in [9.17, 15) is 4.21 Å². The Balaban J connectivity index is 1.79. The molecule has 0 spiro atoms. The van der Waals surface area contributed by atoms with Gasteiger partial charge in [-0.25, -0.2) is 8.99 Å². The molecule has 3 rings (SSSR count). The zero-order valence-corrected chi connectivity index (χ0v) is 19.6. The van der Waals surface area contributed by atoms with Gasteiger partial charge >= 0.3 is 0 Å². The van der Waals surface area contributed by atoms with Gasteiger partial charge in [0.25, 0.3) is 0 Å². The van der Waals surface area contributed by atoms with Crippen molar-refractivity contribution in [1.82, 2.24) is 9.97 Å². The number of anilines is 1. The Kier molecular flexibility index (Phi) is 7.18. The van der Waals surface area contributed by atoms with Crippen LogP contribution in [0, 0.1) is 10.2 Å². The van der Waals surface area contributed by atoms with Gasteiger partial charge in [-0.3, -0.25) is 9.97 Å². The Bertz CT molecular complexity index is 1270. The Morgan fingerprint density at radius 2 is 1.88 bits per heavy atom. The van der Waals surface area contributed by atoms with Gasteiger partial charge < -0.3 is 15.9 Å². The van der Waals surface area contributed by atoms with Crippen molar-refractivity contribution < 1.29 is 8.95 Å². The first kappa shape index (κ1) is 23.7. The maximum absolute atomic E-state index is 11.8. The second-order valence-electron chi connectivity index (χ2n) is 7.04. The molecule has 2 heterocycles. The summed E-state index contributed by atoms with van der Waals surface area (Å²) in [6.07, 6.45) is 8.49. The van der Waals surface area contributed by atoms with Crippen molar-refractivity contribution in [2.75, 3.05) is 12.0 Å². The lowest BCUT2D eigenvalue weighted by Crippen LogP contribution is -2.07. The highest BCUT2D eigenvalue weighted by Crippen LogP contribution is 2.33. The van der Waals surface area contributed by atoms with E-state index in [1.807, 2.05) is 6.92 Å². The van der Waals surface area contributed by atoms with E-state index in [0.29, 0.717) is 43.2 Å². The van der Waals surface area contributed by atoms with Crippen LogP contribution in [-0.4, -0.2) is 26.1 Å². The van der Waals surface area contributed by atoms with Gasteiger partial charge in [-0.2, -0.15) is 0 Å². The third-order valence-electron chi connectivity index (χ3n) is 4.55. The van der Waals surface area contributed by atoms with Crippen molar-refractivity contribution >= 4 is 50.4 Å². The number of nitrogens with one attached hydrogen (secondary N) is 2. The molecule has 0 saturated carbocycles. The number of hydrogen-bond acceptors (Lipinski definition) is 7. The Labute approximate surface area is 196 Å². The summed E-state index contributed by atoms with van der Waals surface area (Å²) in [4.78, 5) is 8.47. The predicted octanol–water partition coefficient (Wildman–Crippen LogP) is 5.62. The highest BCUT2D eigenvalue weighted by Gasteiger charge is 2.17. The largest absolute Gasteiger partial charge is 0.486 e. The topological polar surface area (TPSA) is 126 Å². The van der Waals surface area contributed by atoms with Gasteiger partial charge in [-0.1, -0.05) is 23.2 Å². The van der Waals surface area contributed by atoms with E-state index in [-0.39, 0.29) is 5.71 Å². The standard InChI is InChI=1S/C22H21Cl2N5O2S/c1-13(22-18(23)11-28-12-19(22)24)31-15-5-8-21(26)17(9-15)20(25)7-4-14-3-6-16(10-29-14)32(2,27)30/h3-13,25,27H,26H2,1-2H3/b7-4+,25-20?. The minimum atomic E-state index is -2.82. The molecule has 7 nitrogen and oxygen atoms in total. The maximum Gasteiger partial charge on any atom is 0.124 e. The number of hydrogen-bond donors (Lipinski definition) is 3. The summed E-state index contributed by atoms with van der Waals surface area (Å²) >= 11 is 12.4. The van der Waals surface area contributed by atoms with Gasteiger partial charge in [-0.15, -0.1) is 0 Å². The first-order valence-corrected chi connectivity index (χ1v) is 12.1. The number of pyridine rings is 2. The van der Waals surface area contributed by atoms with Crippen LogP contribution in [0.15, 0.2) is 59.9 Å². The first-order valence-electron chi connectivity index (χ1n) is 9.38. The van der Waals surface area contributed by atoms with E-state index in [1.165, 1.54) is 24.8 Å². The van der Waals surface area contributed by atoms with Crippen molar-refractivity contribution in [1.29, 1.82) is 10.2 Å². The molecule has 0 aliphatic rings. The van der Waals surface area contributed by atoms with Gasteiger partial charge in [0.15, 0.2) is 0 Å². The van der Waals surface area contributed by atoms with Crippen LogP contribution >= 0.6 is 23.2 Å². The van der Waals surface area contributed by atoms with Gasteiger partial charge in [0.1, 0.15) is 11.9 Å². The maximum atomic E-state index is 11.8. The molecule has 0 amide bonds. The summed E-state index contributed by atoms with van der Waals surface area (Å²) in [6.45, 7) is 1.81. The fourth-order valence-electron chi connectivity index (χ4n) is 2.89. The molecule has 0 fully saturated rings. The fourth-order valence-corrected chi connectivity index (χ4v) is 4.15. The molecule has 10 heteroatoms. The fraction of sp³-hybridized carbons (Fsp3) is 0.136. The molecule has 0 radical (unpaired) electrons. The van der Waals surface area contributed by atoms with E-state index in [1.54, 1.807) is 42.5 Å². The van der Waals surface area contributed by atoms with Crippen LogP contribution in [0.5, 0.6) is 5.75 Å². The second-order valence-corrected chi connectivity index (χ2v) is 10.0. The number of rotatable bonds is 7. The summed E-state index contributed by atoms with van der Waals surface area (Å²) in [5, 5.41) is 9.20. The SMILES string of the molecule is CC(Oc1ccc(N)c(C(=N)/C=C/c2ccc(S(C)(=N)=O)cn2)c1)c1c(Cl)cncc1Cl. The number of nitrogens with zero attached hydrogens (tertiary/aromatic N) is 2. The number of aromatic nitrogens is 2.